The number of ether oxygens (including phenoxy) is 1. The molecule has 0 aliphatic carbocycles. The van der Waals surface area contributed by atoms with Gasteiger partial charge in [0.15, 0.2) is 0 Å². The number of carbonyl (C=O) groups is 2. The smallest absolute Gasteiger partial charge is 0.255 e. The Balaban J connectivity index is 1.79. The van der Waals surface area contributed by atoms with Gasteiger partial charge in [-0.25, -0.2) is 0 Å². The van der Waals surface area contributed by atoms with E-state index in [9.17, 15) is 9.59 Å². The van der Waals surface area contributed by atoms with Crippen LogP contribution in [0.5, 0.6) is 0 Å². The van der Waals surface area contributed by atoms with Gasteiger partial charge in [-0.3, -0.25) is 9.59 Å². The maximum absolute atomic E-state index is 13.2. The third-order valence-corrected chi connectivity index (χ3v) is 5.93. The Kier molecular flexibility index (Phi) is 7.33. The molecule has 2 amide bonds. The summed E-state index contributed by atoms with van der Waals surface area (Å²) in [6, 6.07) is 10.9. The van der Waals surface area contributed by atoms with Gasteiger partial charge in [-0.2, -0.15) is 0 Å². The average molecular weight is 480 g/mol. The van der Waals surface area contributed by atoms with Crippen molar-refractivity contribution >= 4 is 45.0 Å². The fraction of sp³-hybridized carbons (Fsp3) is 0.364. The van der Waals surface area contributed by atoms with Crippen LogP contribution in [0, 0.1) is 13.8 Å². The lowest BCUT2D eigenvalue weighted by Gasteiger charge is -2.25. The van der Waals surface area contributed by atoms with Gasteiger partial charge in [-0.05, 0) is 62.1 Å². The highest BCUT2D eigenvalue weighted by molar-refractivity contribution is 9.10. The Bertz CT molecular complexity index is 913. The third-order valence-electron chi connectivity index (χ3n) is 5.11. The zero-order valence-corrected chi connectivity index (χ0v) is 18.8. The van der Waals surface area contributed by atoms with Crippen molar-refractivity contribution in [3.8, 4) is 0 Å². The monoisotopic (exact) mass is 478 g/mol. The molecule has 5 nitrogen and oxygen atoms in total. The van der Waals surface area contributed by atoms with Gasteiger partial charge >= 0.3 is 0 Å². The standard InChI is InChI=1S/C22H24BrClN2O3/c1-14-5-3-7-20(15(14)2)25-21(27)13-26(12-17-6-4-10-29-17)22(28)18-11-16(23)8-9-19(18)24/h3,5,7-9,11,17H,4,6,10,12-13H2,1-2H3,(H,25,27). The lowest BCUT2D eigenvalue weighted by Crippen LogP contribution is -2.42. The molecule has 2 aromatic rings. The van der Waals surface area contributed by atoms with Gasteiger partial charge in [0.05, 0.1) is 16.7 Å². The second kappa shape index (κ2) is 9.74. The first-order valence-electron chi connectivity index (χ1n) is 9.57. The first-order chi connectivity index (χ1) is 13.8. The zero-order chi connectivity index (χ0) is 21.0. The molecular formula is C22H24BrClN2O3. The minimum atomic E-state index is -0.289. The van der Waals surface area contributed by atoms with Crippen molar-refractivity contribution in [1.82, 2.24) is 4.90 Å². The molecule has 7 heteroatoms. The minimum Gasteiger partial charge on any atom is -0.376 e. The van der Waals surface area contributed by atoms with E-state index >= 15 is 0 Å². The fourth-order valence-corrected chi connectivity index (χ4v) is 3.89. The number of rotatable bonds is 6. The molecule has 3 rings (SSSR count). The van der Waals surface area contributed by atoms with E-state index in [4.69, 9.17) is 16.3 Å². The van der Waals surface area contributed by atoms with Crippen LogP contribution in [0.2, 0.25) is 5.02 Å². The van der Waals surface area contributed by atoms with Gasteiger partial charge in [-0.15, -0.1) is 0 Å². The van der Waals surface area contributed by atoms with Crippen LogP contribution >= 0.6 is 27.5 Å². The summed E-state index contributed by atoms with van der Waals surface area (Å²) >= 11 is 9.63. The number of amides is 2. The van der Waals surface area contributed by atoms with E-state index < -0.39 is 0 Å². The molecule has 0 radical (unpaired) electrons. The molecule has 1 aliphatic rings. The lowest BCUT2D eigenvalue weighted by molar-refractivity contribution is -0.117. The largest absolute Gasteiger partial charge is 0.376 e. The maximum Gasteiger partial charge on any atom is 0.255 e. The van der Waals surface area contributed by atoms with Gasteiger partial charge in [0, 0.05) is 23.3 Å². The first-order valence-corrected chi connectivity index (χ1v) is 10.7. The number of anilines is 1. The Hall–Kier alpha value is -1.89. The second-order valence-electron chi connectivity index (χ2n) is 7.24. The van der Waals surface area contributed by atoms with Crippen molar-refractivity contribution in [1.29, 1.82) is 0 Å². The molecule has 0 saturated carbocycles. The number of benzene rings is 2. The summed E-state index contributed by atoms with van der Waals surface area (Å²) in [5.41, 5.74) is 3.21. The molecule has 0 spiro atoms. The third kappa shape index (κ3) is 5.59. The zero-order valence-electron chi connectivity index (χ0n) is 16.5. The molecule has 154 valence electrons. The van der Waals surface area contributed by atoms with E-state index in [0.717, 1.165) is 34.1 Å². The molecule has 1 saturated heterocycles. The summed E-state index contributed by atoms with van der Waals surface area (Å²) in [6.07, 6.45) is 1.76. The number of halogens is 2. The second-order valence-corrected chi connectivity index (χ2v) is 8.56. The maximum atomic E-state index is 13.2. The normalized spacial score (nSPS) is 15.9. The van der Waals surface area contributed by atoms with Crippen molar-refractivity contribution in [3.63, 3.8) is 0 Å². The summed E-state index contributed by atoms with van der Waals surface area (Å²) in [4.78, 5) is 27.5. The minimum absolute atomic E-state index is 0.0709. The SMILES string of the molecule is Cc1cccc(NC(=O)CN(CC2CCCO2)C(=O)c2cc(Br)ccc2Cl)c1C. The Labute approximate surface area is 184 Å². The molecule has 0 aromatic heterocycles. The Morgan fingerprint density at radius 2 is 2.07 bits per heavy atom. The number of hydrogen-bond acceptors (Lipinski definition) is 3. The van der Waals surface area contributed by atoms with Crippen LogP contribution in [0.4, 0.5) is 5.69 Å². The fourth-order valence-electron chi connectivity index (χ4n) is 3.33. The van der Waals surface area contributed by atoms with E-state index in [-0.39, 0.29) is 24.5 Å². The summed E-state index contributed by atoms with van der Waals surface area (Å²) in [7, 11) is 0. The average Bonchev–Trinajstić information content (AvgIpc) is 3.19. The number of carbonyl (C=O) groups excluding carboxylic acids is 2. The number of nitrogens with one attached hydrogen (secondary N) is 1. The molecule has 1 unspecified atom stereocenters. The molecule has 1 fully saturated rings. The first kappa shape index (κ1) is 21.8. The molecule has 1 heterocycles. The summed E-state index contributed by atoms with van der Waals surface area (Å²) < 4.78 is 6.44. The highest BCUT2D eigenvalue weighted by Gasteiger charge is 2.26. The van der Waals surface area contributed by atoms with Crippen molar-refractivity contribution in [3.05, 3.63) is 62.6 Å². The summed E-state index contributed by atoms with van der Waals surface area (Å²) in [5.74, 6) is -0.543. The van der Waals surface area contributed by atoms with Gasteiger partial charge in [0.2, 0.25) is 5.91 Å². The van der Waals surface area contributed by atoms with Crippen molar-refractivity contribution in [2.45, 2.75) is 32.8 Å². The quantitative estimate of drug-likeness (QED) is 0.636. The van der Waals surface area contributed by atoms with Gasteiger partial charge in [-0.1, -0.05) is 39.7 Å². The summed E-state index contributed by atoms with van der Waals surface area (Å²) in [5, 5.41) is 3.28. The highest BCUT2D eigenvalue weighted by Crippen LogP contribution is 2.24. The highest BCUT2D eigenvalue weighted by atomic mass is 79.9. The molecule has 1 atom stereocenters. The lowest BCUT2D eigenvalue weighted by atomic mass is 10.1. The molecule has 1 aliphatic heterocycles. The number of hydrogen-bond donors (Lipinski definition) is 1. The molecule has 0 bridgehead atoms. The van der Waals surface area contributed by atoms with Crippen molar-refractivity contribution < 1.29 is 14.3 Å². The van der Waals surface area contributed by atoms with Crippen LogP contribution in [0.15, 0.2) is 40.9 Å². The van der Waals surface area contributed by atoms with E-state index in [0.29, 0.717) is 23.7 Å². The van der Waals surface area contributed by atoms with E-state index in [1.54, 1.807) is 18.2 Å². The predicted octanol–water partition coefficient (Wildman–Crippen LogP) is 4.98. The summed E-state index contributed by atoms with van der Waals surface area (Å²) in [6.45, 7) is 4.91. The Morgan fingerprint density at radius 3 is 2.79 bits per heavy atom. The van der Waals surface area contributed by atoms with Crippen LogP contribution in [0.25, 0.3) is 0 Å². The van der Waals surface area contributed by atoms with E-state index in [2.05, 4.69) is 21.2 Å². The predicted molar refractivity (Wildman–Crippen MR) is 119 cm³/mol. The van der Waals surface area contributed by atoms with E-state index in [1.165, 1.54) is 4.90 Å². The molecule has 1 N–H and O–H groups in total. The van der Waals surface area contributed by atoms with Gasteiger partial charge in [0.25, 0.3) is 5.91 Å². The van der Waals surface area contributed by atoms with Crippen LogP contribution in [0.1, 0.15) is 34.3 Å². The van der Waals surface area contributed by atoms with Crippen molar-refractivity contribution in [2.75, 3.05) is 25.0 Å². The van der Waals surface area contributed by atoms with Crippen LogP contribution in [-0.4, -0.2) is 42.5 Å². The van der Waals surface area contributed by atoms with Gasteiger partial charge in [0.1, 0.15) is 6.54 Å². The number of nitrogens with zero attached hydrogens (tertiary/aromatic N) is 1. The molecular weight excluding hydrogens is 456 g/mol. The molecule has 29 heavy (non-hydrogen) atoms. The van der Waals surface area contributed by atoms with Crippen LogP contribution in [-0.2, 0) is 9.53 Å². The van der Waals surface area contributed by atoms with Crippen molar-refractivity contribution in [2.24, 2.45) is 0 Å². The van der Waals surface area contributed by atoms with E-state index in [1.807, 2.05) is 32.0 Å². The van der Waals surface area contributed by atoms with Crippen LogP contribution < -0.4 is 5.32 Å². The van der Waals surface area contributed by atoms with Crippen LogP contribution in [0.3, 0.4) is 0 Å². The topological polar surface area (TPSA) is 58.6 Å². The van der Waals surface area contributed by atoms with Gasteiger partial charge < -0.3 is 15.0 Å². The molecule has 2 aromatic carbocycles. The Morgan fingerprint density at radius 1 is 1.28 bits per heavy atom. The number of aryl methyl sites for hydroxylation is 1.